The Morgan fingerprint density at radius 1 is 1.19 bits per heavy atom. The monoisotopic (exact) mass is 664 g/mol. The summed E-state index contributed by atoms with van der Waals surface area (Å²) in [6.45, 7) is 4.08. The van der Waals surface area contributed by atoms with Crippen molar-refractivity contribution < 1.29 is 19.2 Å². The average Bonchev–Trinajstić information content (AvgIpc) is 3.00. The van der Waals surface area contributed by atoms with Gasteiger partial charge in [0.15, 0.2) is 0 Å². The van der Waals surface area contributed by atoms with Gasteiger partial charge in [-0.15, -0.1) is 0 Å². The van der Waals surface area contributed by atoms with Gasteiger partial charge in [-0.3, -0.25) is 24.6 Å². The highest BCUT2D eigenvalue weighted by Gasteiger charge is 2.37. The minimum Gasteiger partial charge on any atom is -0.487 e. The highest BCUT2D eigenvalue weighted by Crippen LogP contribution is 2.36. The summed E-state index contributed by atoms with van der Waals surface area (Å²) in [5.41, 5.74) is 1.67. The first-order chi connectivity index (χ1) is 14.7. The quantitative estimate of drug-likeness (QED) is 0.151. The van der Waals surface area contributed by atoms with Crippen molar-refractivity contribution in [3.05, 3.63) is 69.7 Å². The maximum Gasteiger partial charge on any atom is 0.293 e. The molecule has 2 aromatic carbocycles. The van der Waals surface area contributed by atoms with E-state index in [0.717, 1.165) is 30.0 Å². The number of halogens is 2. The molecule has 0 saturated carbocycles. The zero-order valence-corrected chi connectivity index (χ0v) is 21.8. The molecule has 0 unspecified atom stereocenters. The molecule has 0 bridgehead atoms. The molecule has 162 valence electrons. The summed E-state index contributed by atoms with van der Waals surface area (Å²) < 4.78 is 7.66. The summed E-state index contributed by atoms with van der Waals surface area (Å²) in [7, 11) is 0. The first-order valence-electron chi connectivity index (χ1n) is 9.33. The van der Waals surface area contributed by atoms with Gasteiger partial charge in [-0.25, -0.2) is 0 Å². The smallest absolute Gasteiger partial charge is 0.293 e. The van der Waals surface area contributed by atoms with Gasteiger partial charge in [0.1, 0.15) is 12.4 Å². The molecule has 0 spiro atoms. The number of non-ortho nitro benzene ring substituents is 1. The molecule has 2 aromatic rings. The fourth-order valence-corrected chi connectivity index (χ4v) is 5.92. The van der Waals surface area contributed by atoms with Crippen molar-refractivity contribution in [1.29, 1.82) is 0 Å². The Morgan fingerprint density at radius 3 is 2.35 bits per heavy atom. The van der Waals surface area contributed by atoms with Crippen LogP contribution >= 0.6 is 56.9 Å². The number of hydrogen-bond acceptors (Lipinski definition) is 6. The van der Waals surface area contributed by atoms with Crippen LogP contribution in [0, 0.1) is 17.3 Å². The fraction of sp³-hybridized carbons (Fsp3) is 0.238. The first kappa shape index (κ1) is 24.0. The summed E-state index contributed by atoms with van der Waals surface area (Å²) in [6.07, 6.45) is 2.44. The van der Waals surface area contributed by atoms with Crippen LogP contribution < -0.4 is 4.74 Å². The third-order valence-electron chi connectivity index (χ3n) is 4.70. The van der Waals surface area contributed by atoms with E-state index in [4.69, 9.17) is 4.74 Å². The Morgan fingerprint density at radius 2 is 1.81 bits per heavy atom. The second kappa shape index (κ2) is 10.3. The van der Waals surface area contributed by atoms with Crippen LogP contribution in [-0.2, 0) is 11.4 Å². The normalized spacial score (nSPS) is 16.1. The van der Waals surface area contributed by atoms with Gasteiger partial charge < -0.3 is 4.74 Å². The van der Waals surface area contributed by atoms with Crippen molar-refractivity contribution in [2.45, 2.75) is 32.9 Å². The molecule has 0 N–H and O–H groups in total. The largest absolute Gasteiger partial charge is 0.487 e. The maximum absolute atomic E-state index is 12.6. The van der Waals surface area contributed by atoms with E-state index in [0.29, 0.717) is 17.1 Å². The number of carbonyl (C=O) groups excluding carboxylic acids is 2. The highest BCUT2D eigenvalue weighted by molar-refractivity contribution is 14.1. The molecule has 7 nitrogen and oxygen atoms in total. The Hall–Kier alpha value is -1.67. The molecule has 1 heterocycles. The number of ether oxygens (including phenoxy) is 1. The SMILES string of the molecule is CC[C@@H](C)N1C(=O)S/C(=C/c2cc(I)c(OCc3ccc([N+](=O)[O-])cc3)c(I)c2)C1=O. The second-order valence-electron chi connectivity index (χ2n) is 6.83. The lowest BCUT2D eigenvalue weighted by Crippen LogP contribution is -2.36. The van der Waals surface area contributed by atoms with Crippen molar-refractivity contribution in [3.63, 3.8) is 0 Å². The van der Waals surface area contributed by atoms with Crippen molar-refractivity contribution >= 4 is 79.9 Å². The molecule has 1 aliphatic heterocycles. The first-order valence-corrected chi connectivity index (χ1v) is 12.3. The predicted molar refractivity (Wildman–Crippen MR) is 137 cm³/mol. The van der Waals surface area contributed by atoms with Crippen LogP contribution in [0.25, 0.3) is 6.08 Å². The number of carbonyl (C=O) groups is 2. The number of rotatable bonds is 7. The van der Waals surface area contributed by atoms with E-state index in [1.54, 1.807) is 18.2 Å². The van der Waals surface area contributed by atoms with E-state index in [9.17, 15) is 19.7 Å². The van der Waals surface area contributed by atoms with E-state index in [2.05, 4.69) is 45.2 Å². The van der Waals surface area contributed by atoms with Crippen LogP contribution in [0.3, 0.4) is 0 Å². The Kier molecular flexibility index (Phi) is 7.97. The summed E-state index contributed by atoms with van der Waals surface area (Å²) >= 11 is 5.30. The Bertz CT molecular complexity index is 1050. The third-order valence-corrected chi connectivity index (χ3v) is 7.19. The maximum atomic E-state index is 12.6. The van der Waals surface area contributed by atoms with Crippen LogP contribution in [0.2, 0.25) is 0 Å². The van der Waals surface area contributed by atoms with Gasteiger partial charge in [-0.05, 0) is 112 Å². The van der Waals surface area contributed by atoms with Gasteiger partial charge >= 0.3 is 0 Å². The Balaban J connectivity index is 1.76. The highest BCUT2D eigenvalue weighted by atomic mass is 127. The molecular weight excluding hydrogens is 646 g/mol. The molecular formula is C21H18I2N2O5S. The predicted octanol–water partition coefficient (Wildman–Crippen LogP) is 6.22. The molecule has 1 saturated heterocycles. The van der Waals surface area contributed by atoms with Crippen molar-refractivity contribution in [1.82, 2.24) is 4.90 Å². The van der Waals surface area contributed by atoms with Crippen LogP contribution in [0.15, 0.2) is 41.3 Å². The van der Waals surface area contributed by atoms with Crippen LogP contribution in [0.1, 0.15) is 31.4 Å². The van der Waals surface area contributed by atoms with Crippen molar-refractivity contribution in [2.24, 2.45) is 0 Å². The number of imide groups is 1. The van der Waals surface area contributed by atoms with E-state index in [1.165, 1.54) is 17.0 Å². The molecule has 0 aliphatic carbocycles. The topological polar surface area (TPSA) is 89.8 Å². The number of nitrogens with zero attached hydrogens (tertiary/aromatic N) is 2. The van der Waals surface area contributed by atoms with Gasteiger partial charge in [0.2, 0.25) is 0 Å². The number of hydrogen-bond donors (Lipinski definition) is 0. The summed E-state index contributed by atoms with van der Waals surface area (Å²) in [5.74, 6) is 0.442. The molecule has 2 amide bonds. The fourth-order valence-electron chi connectivity index (χ4n) is 2.86. The van der Waals surface area contributed by atoms with E-state index < -0.39 is 4.92 Å². The average molecular weight is 664 g/mol. The molecule has 3 rings (SSSR count). The number of nitro benzene ring substituents is 1. The van der Waals surface area contributed by atoms with Crippen LogP contribution in [0.4, 0.5) is 10.5 Å². The molecule has 0 aromatic heterocycles. The third kappa shape index (κ3) is 5.58. The van der Waals surface area contributed by atoms with E-state index in [1.807, 2.05) is 26.0 Å². The van der Waals surface area contributed by atoms with E-state index in [-0.39, 0.29) is 29.5 Å². The zero-order chi connectivity index (χ0) is 22.7. The summed E-state index contributed by atoms with van der Waals surface area (Å²) in [5, 5.41) is 10.5. The molecule has 10 heteroatoms. The lowest BCUT2D eigenvalue weighted by Gasteiger charge is -2.19. The molecule has 0 radical (unpaired) electrons. The number of benzene rings is 2. The number of nitro groups is 1. The number of thioether (sulfide) groups is 1. The number of amides is 2. The van der Waals surface area contributed by atoms with Crippen LogP contribution in [-0.4, -0.2) is 27.0 Å². The van der Waals surface area contributed by atoms with Gasteiger partial charge in [-0.2, -0.15) is 0 Å². The minimum atomic E-state index is -0.438. The second-order valence-corrected chi connectivity index (χ2v) is 10.2. The Labute approximate surface area is 211 Å². The summed E-state index contributed by atoms with van der Waals surface area (Å²) in [4.78, 5) is 36.9. The van der Waals surface area contributed by atoms with E-state index >= 15 is 0 Å². The van der Waals surface area contributed by atoms with Crippen LogP contribution in [0.5, 0.6) is 5.75 Å². The molecule has 1 aliphatic rings. The molecule has 1 fully saturated rings. The standard InChI is InChI=1S/C21H18I2N2O5S/c1-3-12(2)24-20(26)18(31-21(24)27)10-14-8-16(22)19(17(23)9-14)30-11-13-4-6-15(7-5-13)25(28)29/h4-10,12H,3,11H2,1-2H3/b18-10+/t12-/m1/s1. The lowest BCUT2D eigenvalue weighted by atomic mass is 10.2. The van der Waals surface area contributed by atoms with Crippen molar-refractivity contribution in [3.8, 4) is 5.75 Å². The molecule has 1 atom stereocenters. The van der Waals surface area contributed by atoms with Gasteiger partial charge in [0.05, 0.1) is 17.0 Å². The van der Waals surface area contributed by atoms with Crippen molar-refractivity contribution in [2.75, 3.05) is 0 Å². The minimum absolute atomic E-state index is 0.0370. The lowest BCUT2D eigenvalue weighted by molar-refractivity contribution is -0.384. The van der Waals surface area contributed by atoms with Gasteiger partial charge in [0.25, 0.3) is 16.8 Å². The molecule has 31 heavy (non-hydrogen) atoms. The zero-order valence-electron chi connectivity index (χ0n) is 16.6. The van der Waals surface area contributed by atoms with Gasteiger partial charge in [0, 0.05) is 18.2 Å². The summed E-state index contributed by atoms with van der Waals surface area (Å²) in [6, 6.07) is 9.89. The van der Waals surface area contributed by atoms with Gasteiger partial charge in [-0.1, -0.05) is 6.92 Å².